The highest BCUT2D eigenvalue weighted by atomic mass is 32.2. The van der Waals surface area contributed by atoms with Gasteiger partial charge in [-0.1, -0.05) is 24.3 Å². The van der Waals surface area contributed by atoms with Gasteiger partial charge in [0.25, 0.3) is 11.5 Å². The molecule has 0 bridgehead atoms. The predicted octanol–water partition coefficient (Wildman–Crippen LogP) is 3.31. The van der Waals surface area contributed by atoms with Crippen molar-refractivity contribution in [1.29, 1.82) is 0 Å². The smallest absolute Gasteiger partial charge is 0.272 e. The van der Waals surface area contributed by atoms with E-state index in [1.807, 2.05) is 35.6 Å². The Kier molecular flexibility index (Phi) is 4.56. The fraction of sp³-hybridized carbons (Fsp3) is 0.167. The molecule has 3 heterocycles. The van der Waals surface area contributed by atoms with Gasteiger partial charge < -0.3 is 14.3 Å². The van der Waals surface area contributed by atoms with Crippen LogP contribution in [0, 0.1) is 6.92 Å². The molecule has 5 rings (SSSR count). The van der Waals surface area contributed by atoms with Crippen molar-refractivity contribution < 1.29 is 13.2 Å². The van der Waals surface area contributed by atoms with E-state index in [-0.39, 0.29) is 23.8 Å². The summed E-state index contributed by atoms with van der Waals surface area (Å²) < 4.78 is 25.7. The lowest BCUT2D eigenvalue weighted by Crippen LogP contribution is -2.31. The molecule has 0 spiro atoms. The number of amides is 1. The number of carbonyl (C=O) groups is 1. The average molecular weight is 448 g/mol. The van der Waals surface area contributed by atoms with Crippen LogP contribution in [-0.4, -0.2) is 30.0 Å². The van der Waals surface area contributed by atoms with Crippen molar-refractivity contribution in [3.63, 3.8) is 0 Å². The van der Waals surface area contributed by atoms with Crippen LogP contribution in [0.15, 0.2) is 65.6 Å². The van der Waals surface area contributed by atoms with E-state index in [0.717, 1.165) is 17.0 Å². The normalized spacial score (nSPS) is 13.1. The largest absolute Gasteiger partial charge is 0.325 e. The Balaban J connectivity index is 1.79. The van der Waals surface area contributed by atoms with E-state index in [0.29, 0.717) is 27.9 Å². The first-order valence-corrected chi connectivity index (χ1v) is 12.2. The molecule has 4 aromatic rings. The lowest BCUT2D eigenvalue weighted by atomic mass is 10.0. The SMILES string of the molecule is Cc1cc2n3c(c[nH]c(=O)c13)CN(C(=O)c1ccccc1)c1ccc(CS(C)(=O)=O)cc1-2. The Hall–Kier alpha value is -3.65. The molecule has 2 aromatic heterocycles. The van der Waals surface area contributed by atoms with E-state index < -0.39 is 9.84 Å². The number of sulfone groups is 1. The highest BCUT2D eigenvalue weighted by molar-refractivity contribution is 7.89. The van der Waals surface area contributed by atoms with Gasteiger partial charge in [-0.3, -0.25) is 9.59 Å². The highest BCUT2D eigenvalue weighted by Gasteiger charge is 2.28. The number of aryl methyl sites for hydroxylation is 1. The minimum absolute atomic E-state index is 0.108. The second-order valence-electron chi connectivity index (χ2n) is 8.18. The summed E-state index contributed by atoms with van der Waals surface area (Å²) in [7, 11) is -3.24. The van der Waals surface area contributed by atoms with Gasteiger partial charge in [-0.15, -0.1) is 0 Å². The molecule has 0 atom stereocenters. The lowest BCUT2D eigenvalue weighted by Gasteiger charge is -2.23. The van der Waals surface area contributed by atoms with Crippen LogP contribution in [0.3, 0.4) is 0 Å². The van der Waals surface area contributed by atoms with Crippen LogP contribution < -0.4 is 10.5 Å². The number of benzene rings is 2. The number of anilines is 1. The first-order valence-electron chi connectivity index (χ1n) is 10.1. The van der Waals surface area contributed by atoms with Crippen LogP contribution in [0.1, 0.15) is 27.2 Å². The van der Waals surface area contributed by atoms with Gasteiger partial charge in [0.15, 0.2) is 9.84 Å². The number of carbonyl (C=O) groups excluding carboxylic acids is 1. The maximum Gasteiger partial charge on any atom is 0.272 e. The van der Waals surface area contributed by atoms with Crippen molar-refractivity contribution >= 4 is 26.9 Å². The van der Waals surface area contributed by atoms with E-state index in [9.17, 15) is 18.0 Å². The van der Waals surface area contributed by atoms with Gasteiger partial charge in [0.1, 0.15) is 5.52 Å². The van der Waals surface area contributed by atoms with Gasteiger partial charge in [-0.2, -0.15) is 0 Å². The summed E-state index contributed by atoms with van der Waals surface area (Å²) in [5.74, 6) is -0.285. The molecule has 1 aliphatic rings. The van der Waals surface area contributed by atoms with E-state index >= 15 is 0 Å². The van der Waals surface area contributed by atoms with E-state index in [1.54, 1.807) is 41.4 Å². The zero-order valence-corrected chi connectivity index (χ0v) is 18.4. The maximum absolute atomic E-state index is 13.5. The Morgan fingerprint density at radius 3 is 2.56 bits per heavy atom. The molecule has 0 radical (unpaired) electrons. The molecular formula is C24H21N3O4S. The van der Waals surface area contributed by atoms with Crippen molar-refractivity contribution in [3.05, 3.63) is 93.5 Å². The van der Waals surface area contributed by atoms with Gasteiger partial charge in [0.2, 0.25) is 0 Å². The summed E-state index contributed by atoms with van der Waals surface area (Å²) in [5.41, 5.74) is 5.18. The van der Waals surface area contributed by atoms with Crippen LogP contribution in [0.4, 0.5) is 5.69 Å². The number of aromatic nitrogens is 2. The number of nitrogens with zero attached hydrogens (tertiary/aromatic N) is 2. The molecule has 0 unspecified atom stereocenters. The summed E-state index contributed by atoms with van der Waals surface area (Å²) in [6, 6.07) is 16.2. The van der Waals surface area contributed by atoms with Gasteiger partial charge in [-0.05, 0) is 48.4 Å². The van der Waals surface area contributed by atoms with Crippen LogP contribution in [0.2, 0.25) is 0 Å². The predicted molar refractivity (Wildman–Crippen MR) is 124 cm³/mol. The standard InChI is InChI=1S/C24H21N3O4S/c1-15-10-21-19-11-16(14-32(2,30)31)8-9-20(19)26(24(29)17-6-4-3-5-7-17)13-18-12-25-23(28)22(15)27(18)21/h3-12H,13-14H2,1-2H3,(H,25,28). The average Bonchev–Trinajstić information content (AvgIpc) is 3.04. The van der Waals surface area contributed by atoms with Gasteiger partial charge in [0.05, 0.1) is 29.4 Å². The number of H-pyrrole nitrogens is 1. The molecule has 0 aliphatic carbocycles. The van der Waals surface area contributed by atoms with Crippen LogP contribution in [-0.2, 0) is 22.1 Å². The van der Waals surface area contributed by atoms with E-state index in [2.05, 4.69) is 4.98 Å². The molecule has 7 nitrogen and oxygen atoms in total. The molecule has 1 aliphatic heterocycles. The number of aromatic amines is 1. The minimum atomic E-state index is -3.24. The van der Waals surface area contributed by atoms with Crippen molar-refractivity contribution in [2.75, 3.05) is 11.2 Å². The third-order valence-electron chi connectivity index (χ3n) is 5.71. The van der Waals surface area contributed by atoms with Crippen molar-refractivity contribution in [2.24, 2.45) is 0 Å². The summed E-state index contributed by atoms with van der Waals surface area (Å²) >= 11 is 0. The Morgan fingerprint density at radius 1 is 1.09 bits per heavy atom. The molecule has 1 N–H and O–H groups in total. The van der Waals surface area contributed by atoms with Crippen molar-refractivity contribution in [3.8, 4) is 11.3 Å². The van der Waals surface area contributed by atoms with Gasteiger partial charge in [-0.25, -0.2) is 8.42 Å². The molecule has 0 fully saturated rings. The monoisotopic (exact) mass is 447 g/mol. The van der Waals surface area contributed by atoms with Crippen LogP contribution in [0.25, 0.3) is 16.8 Å². The number of hydrogen-bond donors (Lipinski definition) is 1. The Labute approximate surface area is 184 Å². The lowest BCUT2D eigenvalue weighted by molar-refractivity contribution is 0.0985. The summed E-state index contributed by atoms with van der Waals surface area (Å²) in [5, 5.41) is 0. The Morgan fingerprint density at radius 2 is 1.84 bits per heavy atom. The highest BCUT2D eigenvalue weighted by Crippen LogP contribution is 2.38. The third-order valence-corrected chi connectivity index (χ3v) is 6.56. The second-order valence-corrected chi connectivity index (χ2v) is 10.3. The van der Waals surface area contributed by atoms with Crippen LogP contribution >= 0.6 is 0 Å². The summed E-state index contributed by atoms with van der Waals surface area (Å²) in [6.07, 6.45) is 2.82. The fourth-order valence-corrected chi connectivity index (χ4v) is 5.18. The zero-order valence-electron chi connectivity index (χ0n) is 17.6. The third kappa shape index (κ3) is 3.33. The molecule has 0 saturated heterocycles. The summed E-state index contributed by atoms with van der Waals surface area (Å²) in [4.78, 5) is 30.5. The van der Waals surface area contributed by atoms with Crippen molar-refractivity contribution in [1.82, 2.24) is 9.38 Å². The van der Waals surface area contributed by atoms with E-state index in [4.69, 9.17) is 0 Å². The van der Waals surface area contributed by atoms with Gasteiger partial charge in [0, 0.05) is 23.6 Å². The molecule has 1 amide bonds. The molecule has 32 heavy (non-hydrogen) atoms. The van der Waals surface area contributed by atoms with Gasteiger partial charge >= 0.3 is 0 Å². The minimum Gasteiger partial charge on any atom is -0.325 e. The molecule has 2 aromatic carbocycles. The van der Waals surface area contributed by atoms with Crippen molar-refractivity contribution in [2.45, 2.75) is 19.2 Å². The molecule has 162 valence electrons. The molecule has 8 heteroatoms. The maximum atomic E-state index is 13.5. The number of nitrogens with one attached hydrogen (secondary N) is 1. The number of rotatable bonds is 3. The molecule has 0 saturated carbocycles. The Bertz CT molecular complexity index is 1550. The zero-order chi connectivity index (χ0) is 22.6. The first-order chi connectivity index (χ1) is 15.2. The van der Waals surface area contributed by atoms with E-state index in [1.165, 1.54) is 6.26 Å². The summed E-state index contributed by atoms with van der Waals surface area (Å²) in [6.45, 7) is 2.12. The first kappa shape index (κ1) is 20.3. The quantitative estimate of drug-likeness (QED) is 0.522. The number of fused-ring (bicyclic) bond motifs is 2. The second kappa shape index (κ2) is 7.20. The topological polar surface area (TPSA) is 91.7 Å². The van der Waals surface area contributed by atoms with Crippen LogP contribution in [0.5, 0.6) is 0 Å². The molecular weight excluding hydrogens is 426 g/mol. The fourth-order valence-electron chi connectivity index (χ4n) is 4.39. The number of hydrogen-bond acceptors (Lipinski definition) is 4.